The highest BCUT2D eigenvalue weighted by atomic mass is 19.1. The predicted octanol–water partition coefficient (Wildman–Crippen LogP) is 3.39. The molecule has 2 atom stereocenters. The first-order chi connectivity index (χ1) is 15.9. The molecule has 1 spiro atoms. The maximum atomic E-state index is 14.5. The van der Waals surface area contributed by atoms with Crippen LogP contribution in [0.2, 0.25) is 0 Å². The Kier molecular flexibility index (Phi) is 4.41. The summed E-state index contributed by atoms with van der Waals surface area (Å²) >= 11 is 0. The number of nitrogens with zero attached hydrogens (tertiary/aromatic N) is 3. The van der Waals surface area contributed by atoms with Gasteiger partial charge in [-0.3, -0.25) is 4.57 Å². The van der Waals surface area contributed by atoms with Crippen molar-refractivity contribution >= 4 is 5.82 Å². The van der Waals surface area contributed by atoms with Gasteiger partial charge in [0.1, 0.15) is 24.0 Å². The van der Waals surface area contributed by atoms with Crippen molar-refractivity contribution < 1.29 is 27.4 Å². The van der Waals surface area contributed by atoms with E-state index in [0.29, 0.717) is 25.5 Å². The third kappa shape index (κ3) is 3.32. The molecule has 2 aromatic carbocycles. The topological polar surface area (TPSA) is 65.8 Å². The van der Waals surface area contributed by atoms with Gasteiger partial charge in [0, 0.05) is 25.1 Å². The van der Waals surface area contributed by atoms with E-state index in [9.17, 15) is 18.0 Å². The van der Waals surface area contributed by atoms with Gasteiger partial charge in [-0.15, -0.1) is 0 Å². The molecule has 170 valence electrons. The first-order valence-electron chi connectivity index (χ1n) is 10.5. The van der Waals surface area contributed by atoms with E-state index in [4.69, 9.17) is 14.2 Å². The predicted molar refractivity (Wildman–Crippen MR) is 110 cm³/mol. The summed E-state index contributed by atoms with van der Waals surface area (Å²) in [5.41, 5.74) is -0.462. The fourth-order valence-corrected chi connectivity index (χ4v) is 4.86. The molecule has 2 saturated heterocycles. The second-order valence-electron chi connectivity index (χ2n) is 8.53. The van der Waals surface area contributed by atoms with Crippen molar-refractivity contribution in [3.63, 3.8) is 0 Å². The summed E-state index contributed by atoms with van der Waals surface area (Å²) < 4.78 is 60.4. The summed E-state index contributed by atoms with van der Waals surface area (Å²) in [4.78, 5) is 18.7. The molecular weight excluding hydrogens is 439 g/mol. The van der Waals surface area contributed by atoms with Crippen LogP contribution in [0.1, 0.15) is 12.0 Å². The van der Waals surface area contributed by atoms with Crippen molar-refractivity contribution in [3.05, 3.63) is 76.0 Å². The zero-order valence-corrected chi connectivity index (χ0v) is 17.3. The number of hydrogen-bond acceptors (Lipinski definition) is 6. The number of benzene rings is 2. The van der Waals surface area contributed by atoms with E-state index in [1.807, 2.05) is 0 Å². The van der Waals surface area contributed by atoms with Crippen molar-refractivity contribution in [2.45, 2.75) is 31.2 Å². The van der Waals surface area contributed by atoms with Crippen molar-refractivity contribution in [2.24, 2.45) is 0 Å². The molecule has 2 bridgehead atoms. The van der Waals surface area contributed by atoms with E-state index in [-0.39, 0.29) is 35.4 Å². The molecule has 10 heteroatoms. The second kappa shape index (κ2) is 7.24. The van der Waals surface area contributed by atoms with Crippen LogP contribution >= 0.6 is 0 Å². The molecule has 3 aliphatic heterocycles. The van der Waals surface area contributed by atoms with Crippen LogP contribution in [0.25, 0.3) is 0 Å². The molecule has 3 aliphatic rings. The maximum Gasteiger partial charge on any atom is 0.352 e. The van der Waals surface area contributed by atoms with E-state index in [2.05, 4.69) is 9.88 Å². The average molecular weight is 457 g/mol. The van der Waals surface area contributed by atoms with Gasteiger partial charge >= 0.3 is 5.69 Å². The first-order valence-corrected chi connectivity index (χ1v) is 10.5. The van der Waals surface area contributed by atoms with Crippen LogP contribution in [-0.2, 0) is 17.9 Å². The third-order valence-corrected chi connectivity index (χ3v) is 6.31. The van der Waals surface area contributed by atoms with Gasteiger partial charge in [0.25, 0.3) is 0 Å². The van der Waals surface area contributed by atoms with Crippen LogP contribution in [-0.4, -0.2) is 34.3 Å². The van der Waals surface area contributed by atoms with Gasteiger partial charge in [-0.1, -0.05) is 6.07 Å². The van der Waals surface area contributed by atoms with Crippen molar-refractivity contribution in [2.75, 3.05) is 18.1 Å². The SMILES string of the molecule is O=c1nc(OCc2cc(F)c(Oc3cccc(F)c3)c(F)c2)cc2n1C[C@]13CO[C@H](CN21)C3. The number of rotatable bonds is 5. The largest absolute Gasteiger partial charge is 0.473 e. The lowest BCUT2D eigenvalue weighted by atomic mass is 10.0. The lowest BCUT2D eigenvalue weighted by molar-refractivity contribution is 0.0856. The van der Waals surface area contributed by atoms with Gasteiger partial charge in [0.05, 0.1) is 24.8 Å². The van der Waals surface area contributed by atoms with E-state index in [0.717, 1.165) is 24.6 Å². The summed E-state index contributed by atoms with van der Waals surface area (Å²) in [6.45, 7) is 1.58. The van der Waals surface area contributed by atoms with E-state index in [1.165, 1.54) is 18.2 Å². The van der Waals surface area contributed by atoms with Gasteiger partial charge in [-0.25, -0.2) is 18.0 Å². The van der Waals surface area contributed by atoms with E-state index in [1.54, 1.807) is 10.6 Å². The highest BCUT2D eigenvalue weighted by Gasteiger charge is 2.56. The molecule has 0 amide bonds. The summed E-state index contributed by atoms with van der Waals surface area (Å²) in [5.74, 6) is -2.39. The van der Waals surface area contributed by atoms with Crippen LogP contribution in [0.4, 0.5) is 19.0 Å². The minimum Gasteiger partial charge on any atom is -0.473 e. The Bertz CT molecular complexity index is 1310. The van der Waals surface area contributed by atoms with Crippen molar-refractivity contribution in [1.29, 1.82) is 0 Å². The van der Waals surface area contributed by atoms with Gasteiger partial charge < -0.3 is 19.1 Å². The Morgan fingerprint density at radius 2 is 1.97 bits per heavy atom. The van der Waals surface area contributed by atoms with E-state index < -0.39 is 28.9 Å². The third-order valence-electron chi connectivity index (χ3n) is 6.31. The molecular formula is C23H18F3N3O4. The monoisotopic (exact) mass is 457 g/mol. The van der Waals surface area contributed by atoms with Crippen LogP contribution in [0.5, 0.6) is 17.4 Å². The molecule has 0 radical (unpaired) electrons. The summed E-state index contributed by atoms with van der Waals surface area (Å²) in [6, 6.07) is 8.77. The Labute approximate surface area is 185 Å². The number of aromatic nitrogens is 2. The smallest absolute Gasteiger partial charge is 0.352 e. The van der Waals surface area contributed by atoms with Crippen molar-refractivity contribution in [1.82, 2.24) is 9.55 Å². The van der Waals surface area contributed by atoms with E-state index >= 15 is 0 Å². The number of fused-ring (bicyclic) bond motifs is 3. The normalized spacial score (nSPS) is 22.4. The van der Waals surface area contributed by atoms with Gasteiger partial charge in [-0.05, 0) is 29.8 Å². The van der Waals surface area contributed by atoms with Crippen LogP contribution in [0, 0.1) is 17.5 Å². The maximum absolute atomic E-state index is 14.5. The molecule has 0 N–H and O–H groups in total. The molecule has 3 aromatic rings. The lowest BCUT2D eigenvalue weighted by Crippen LogP contribution is -2.46. The molecule has 33 heavy (non-hydrogen) atoms. The molecule has 0 unspecified atom stereocenters. The average Bonchev–Trinajstić information content (AvgIpc) is 3.44. The Balaban J connectivity index is 1.20. The highest BCUT2D eigenvalue weighted by molar-refractivity contribution is 5.52. The summed E-state index contributed by atoms with van der Waals surface area (Å²) in [7, 11) is 0. The number of halogens is 3. The number of ether oxygens (including phenoxy) is 3. The molecule has 4 heterocycles. The zero-order chi connectivity index (χ0) is 22.7. The van der Waals surface area contributed by atoms with Gasteiger partial charge in [0.15, 0.2) is 17.4 Å². The van der Waals surface area contributed by atoms with Crippen LogP contribution < -0.4 is 20.1 Å². The lowest BCUT2D eigenvalue weighted by Gasteiger charge is -2.32. The molecule has 0 saturated carbocycles. The molecule has 0 aliphatic carbocycles. The number of morpholine rings is 1. The molecule has 6 rings (SSSR count). The Hall–Kier alpha value is -3.53. The summed E-state index contributed by atoms with van der Waals surface area (Å²) in [5, 5.41) is 0. The number of anilines is 1. The fourth-order valence-electron chi connectivity index (χ4n) is 4.86. The zero-order valence-electron chi connectivity index (χ0n) is 17.3. The van der Waals surface area contributed by atoms with Crippen LogP contribution in [0.3, 0.4) is 0 Å². The standard InChI is InChI=1S/C23H18F3N3O4/c24-14-2-1-3-15(6-14)33-21-17(25)4-13(5-18(21)26)10-31-19-7-20-28(22(30)27-19)11-23-8-16(32-12-23)9-29(20)23/h1-7,16H,8-12H2/t16-,23+/m0/s1. The number of hydrogen-bond donors (Lipinski definition) is 0. The highest BCUT2D eigenvalue weighted by Crippen LogP contribution is 2.46. The molecule has 2 fully saturated rings. The first kappa shape index (κ1) is 20.1. The van der Waals surface area contributed by atoms with Crippen LogP contribution in [0.15, 0.2) is 47.3 Å². The second-order valence-corrected chi connectivity index (χ2v) is 8.53. The quantitative estimate of drug-likeness (QED) is 0.585. The minimum atomic E-state index is -0.963. The van der Waals surface area contributed by atoms with Gasteiger partial charge in [0.2, 0.25) is 5.88 Å². The fraction of sp³-hybridized carbons (Fsp3) is 0.304. The Morgan fingerprint density at radius 1 is 1.15 bits per heavy atom. The van der Waals surface area contributed by atoms with Crippen molar-refractivity contribution in [3.8, 4) is 17.4 Å². The minimum absolute atomic E-state index is 0.0293. The van der Waals surface area contributed by atoms with Gasteiger partial charge in [-0.2, -0.15) is 4.98 Å². The molecule has 1 aromatic heterocycles. The summed E-state index contributed by atoms with van der Waals surface area (Å²) in [6.07, 6.45) is 1.03. The Morgan fingerprint density at radius 3 is 2.73 bits per heavy atom. The molecule has 7 nitrogen and oxygen atoms in total.